The van der Waals surface area contributed by atoms with Gasteiger partial charge in [-0.2, -0.15) is 4.98 Å². The third-order valence-corrected chi connectivity index (χ3v) is 3.58. The van der Waals surface area contributed by atoms with Gasteiger partial charge in [0.1, 0.15) is 12.0 Å². The molecule has 0 bridgehead atoms. The maximum atomic E-state index is 11.3. The highest BCUT2D eigenvalue weighted by molar-refractivity contribution is 8.93. The summed E-state index contributed by atoms with van der Waals surface area (Å²) >= 11 is 0. The molecule has 1 fully saturated rings. The highest BCUT2D eigenvalue weighted by Gasteiger charge is 2.28. The van der Waals surface area contributed by atoms with Crippen LogP contribution in [0.5, 0.6) is 0 Å². The number of aromatic nitrogens is 4. The Morgan fingerprint density at radius 2 is 2.22 bits per heavy atom. The second-order valence-corrected chi connectivity index (χ2v) is 5.13. The van der Waals surface area contributed by atoms with Crippen LogP contribution < -0.4 is 4.90 Å². The highest BCUT2D eigenvalue weighted by atomic mass is 79.9. The van der Waals surface area contributed by atoms with Gasteiger partial charge in [0.25, 0.3) is 0 Å². The van der Waals surface area contributed by atoms with Gasteiger partial charge in [0.2, 0.25) is 11.8 Å². The minimum Gasteiger partial charge on any atom is -0.377 e. The van der Waals surface area contributed by atoms with Crippen LogP contribution in [-0.4, -0.2) is 50.2 Å². The molecule has 1 aliphatic rings. The maximum absolute atomic E-state index is 11.3. The van der Waals surface area contributed by atoms with Gasteiger partial charge < -0.3 is 9.64 Å². The van der Waals surface area contributed by atoms with Crippen molar-refractivity contribution < 1.29 is 9.66 Å². The van der Waals surface area contributed by atoms with E-state index >= 15 is 0 Å². The van der Waals surface area contributed by atoms with Crippen molar-refractivity contribution in [2.24, 2.45) is 0 Å². The Labute approximate surface area is 143 Å². The Kier molecular flexibility index (Phi) is 5.26. The predicted molar refractivity (Wildman–Crippen MR) is 88.5 cm³/mol. The van der Waals surface area contributed by atoms with Crippen LogP contribution in [0.15, 0.2) is 18.7 Å². The Morgan fingerprint density at radius 1 is 1.43 bits per heavy atom. The van der Waals surface area contributed by atoms with Crippen LogP contribution in [0.25, 0.3) is 5.82 Å². The molecule has 0 aromatic carbocycles. The first-order valence-electron chi connectivity index (χ1n) is 6.93. The van der Waals surface area contributed by atoms with Crippen molar-refractivity contribution in [3.05, 3.63) is 34.5 Å². The molecule has 1 saturated heterocycles. The molecule has 0 radical (unpaired) electrons. The Bertz CT molecular complexity index is 693. The zero-order valence-electron chi connectivity index (χ0n) is 12.7. The molecule has 10 heteroatoms. The van der Waals surface area contributed by atoms with Crippen LogP contribution in [0.2, 0.25) is 0 Å². The number of rotatable bonds is 3. The van der Waals surface area contributed by atoms with E-state index < -0.39 is 4.92 Å². The standard InChI is InChI=1S/C13H16N6O3.BrH/c1-9-7-22-6-5-18(9)13-15-10(2)11(19(20)21)12(16-13)17-4-3-14-8-17;/h3-4,8-9H,5-7H2,1-2H3;1H/t9-;/m0./s1. The maximum Gasteiger partial charge on any atom is 0.333 e. The highest BCUT2D eigenvalue weighted by Crippen LogP contribution is 2.27. The molecular formula is C13H17BrN6O3. The summed E-state index contributed by atoms with van der Waals surface area (Å²) in [6, 6.07) is 0.116. The van der Waals surface area contributed by atoms with Crippen LogP contribution >= 0.6 is 17.0 Å². The molecule has 9 nitrogen and oxygen atoms in total. The van der Waals surface area contributed by atoms with E-state index in [0.29, 0.717) is 31.4 Å². The summed E-state index contributed by atoms with van der Waals surface area (Å²) in [6.45, 7) is 5.46. The smallest absolute Gasteiger partial charge is 0.333 e. The van der Waals surface area contributed by atoms with Gasteiger partial charge in [-0.3, -0.25) is 14.7 Å². The van der Waals surface area contributed by atoms with E-state index in [1.165, 1.54) is 10.9 Å². The molecule has 1 aliphatic heterocycles. The molecule has 23 heavy (non-hydrogen) atoms. The van der Waals surface area contributed by atoms with E-state index in [-0.39, 0.29) is 34.5 Å². The van der Waals surface area contributed by atoms with Crippen molar-refractivity contribution in [2.75, 3.05) is 24.7 Å². The third kappa shape index (κ3) is 3.32. The van der Waals surface area contributed by atoms with Crippen molar-refractivity contribution >= 4 is 28.6 Å². The first-order valence-corrected chi connectivity index (χ1v) is 6.93. The Hall–Kier alpha value is -2.07. The predicted octanol–water partition coefficient (Wildman–Crippen LogP) is 1.68. The van der Waals surface area contributed by atoms with Crippen molar-refractivity contribution in [2.45, 2.75) is 19.9 Å². The minimum absolute atomic E-state index is 0. The van der Waals surface area contributed by atoms with Gasteiger partial charge in [-0.15, -0.1) is 17.0 Å². The number of nitro groups is 1. The fourth-order valence-electron chi connectivity index (χ4n) is 2.47. The lowest BCUT2D eigenvalue weighted by Gasteiger charge is -2.33. The van der Waals surface area contributed by atoms with Crippen molar-refractivity contribution in [3.8, 4) is 5.82 Å². The average molecular weight is 385 g/mol. The van der Waals surface area contributed by atoms with Gasteiger partial charge in [-0.05, 0) is 13.8 Å². The summed E-state index contributed by atoms with van der Waals surface area (Å²) in [5.41, 5.74) is 0.222. The van der Waals surface area contributed by atoms with Gasteiger partial charge in [-0.25, -0.2) is 9.97 Å². The number of anilines is 1. The molecule has 0 N–H and O–H groups in total. The Balaban J connectivity index is 0.00000192. The zero-order chi connectivity index (χ0) is 15.7. The number of nitrogens with zero attached hydrogens (tertiary/aromatic N) is 6. The molecule has 3 rings (SSSR count). The molecule has 2 aromatic heterocycles. The number of imidazole rings is 1. The van der Waals surface area contributed by atoms with Gasteiger partial charge in [-0.1, -0.05) is 0 Å². The minimum atomic E-state index is -0.461. The van der Waals surface area contributed by atoms with E-state index in [1.807, 2.05) is 11.8 Å². The molecule has 124 valence electrons. The molecule has 3 heterocycles. The molecule has 0 unspecified atom stereocenters. The second kappa shape index (κ2) is 7.01. The zero-order valence-corrected chi connectivity index (χ0v) is 14.5. The lowest BCUT2D eigenvalue weighted by Crippen LogP contribution is -2.44. The average Bonchev–Trinajstić information content (AvgIpc) is 3.00. The molecule has 0 amide bonds. The van der Waals surface area contributed by atoms with E-state index in [9.17, 15) is 10.1 Å². The van der Waals surface area contributed by atoms with Crippen LogP contribution in [0.3, 0.4) is 0 Å². The summed E-state index contributed by atoms with van der Waals surface area (Å²) in [5.74, 6) is 0.700. The summed E-state index contributed by atoms with van der Waals surface area (Å²) in [6.07, 6.45) is 4.67. The largest absolute Gasteiger partial charge is 0.377 e. The SMILES string of the molecule is Br.Cc1nc(N2CCOC[C@@H]2C)nc(-n2ccnc2)c1[N+](=O)[O-]. The molecular weight excluding hydrogens is 368 g/mol. The van der Waals surface area contributed by atoms with Crippen LogP contribution in [0.4, 0.5) is 11.6 Å². The lowest BCUT2D eigenvalue weighted by molar-refractivity contribution is -0.385. The van der Waals surface area contributed by atoms with Crippen molar-refractivity contribution in [1.29, 1.82) is 0 Å². The fraction of sp³-hybridized carbons (Fsp3) is 0.462. The second-order valence-electron chi connectivity index (χ2n) is 5.13. The van der Waals surface area contributed by atoms with E-state index in [2.05, 4.69) is 15.0 Å². The topological polar surface area (TPSA) is 99.2 Å². The van der Waals surface area contributed by atoms with E-state index in [4.69, 9.17) is 4.74 Å². The fourth-order valence-corrected chi connectivity index (χ4v) is 2.47. The normalized spacial score (nSPS) is 17.7. The van der Waals surface area contributed by atoms with Gasteiger partial charge in [0.05, 0.1) is 24.2 Å². The summed E-state index contributed by atoms with van der Waals surface area (Å²) in [4.78, 5) is 25.6. The number of halogens is 1. The quantitative estimate of drug-likeness (QED) is 0.586. The van der Waals surface area contributed by atoms with E-state index in [0.717, 1.165) is 0 Å². The number of hydrogen-bond acceptors (Lipinski definition) is 7. The summed E-state index contributed by atoms with van der Waals surface area (Å²) in [7, 11) is 0. The van der Waals surface area contributed by atoms with Crippen LogP contribution in [-0.2, 0) is 4.74 Å². The van der Waals surface area contributed by atoms with Gasteiger partial charge in [0.15, 0.2) is 0 Å². The first kappa shape index (κ1) is 17.3. The number of hydrogen-bond donors (Lipinski definition) is 0. The molecule has 0 spiro atoms. The van der Waals surface area contributed by atoms with Gasteiger partial charge >= 0.3 is 5.69 Å². The summed E-state index contributed by atoms with van der Waals surface area (Å²) in [5, 5.41) is 11.3. The molecule has 2 aromatic rings. The molecule has 0 aliphatic carbocycles. The monoisotopic (exact) mass is 384 g/mol. The number of ether oxygens (including phenoxy) is 1. The lowest BCUT2D eigenvalue weighted by atomic mass is 10.2. The summed E-state index contributed by atoms with van der Waals surface area (Å²) < 4.78 is 6.94. The van der Waals surface area contributed by atoms with Crippen LogP contribution in [0, 0.1) is 17.0 Å². The van der Waals surface area contributed by atoms with E-state index in [1.54, 1.807) is 19.3 Å². The van der Waals surface area contributed by atoms with Gasteiger partial charge in [0, 0.05) is 18.9 Å². The van der Waals surface area contributed by atoms with Crippen molar-refractivity contribution in [3.63, 3.8) is 0 Å². The first-order chi connectivity index (χ1) is 10.6. The molecule has 0 saturated carbocycles. The van der Waals surface area contributed by atoms with Crippen molar-refractivity contribution in [1.82, 2.24) is 19.5 Å². The third-order valence-electron chi connectivity index (χ3n) is 3.58. The number of aryl methyl sites for hydroxylation is 1. The van der Waals surface area contributed by atoms with Crippen LogP contribution in [0.1, 0.15) is 12.6 Å². The molecule has 1 atom stereocenters. The Morgan fingerprint density at radius 3 is 2.83 bits per heavy atom. The number of morpholine rings is 1.